The highest BCUT2D eigenvalue weighted by atomic mass is 16.4. The molecule has 1 amide bonds. The number of hydrogen-bond acceptors (Lipinski definition) is 2. The van der Waals surface area contributed by atoms with E-state index in [0.717, 1.165) is 24.8 Å². The van der Waals surface area contributed by atoms with E-state index in [1.165, 1.54) is 5.56 Å². The van der Waals surface area contributed by atoms with Crippen LogP contribution >= 0.6 is 0 Å². The van der Waals surface area contributed by atoms with Crippen LogP contribution in [-0.4, -0.2) is 23.5 Å². The predicted octanol–water partition coefficient (Wildman–Crippen LogP) is 3.19. The molecule has 4 heteroatoms. The predicted molar refractivity (Wildman–Crippen MR) is 87.8 cm³/mol. The molecule has 1 aromatic carbocycles. The number of rotatable bonds is 10. The molecule has 0 unspecified atom stereocenters. The second kappa shape index (κ2) is 9.98. The van der Waals surface area contributed by atoms with Gasteiger partial charge >= 0.3 is 5.97 Å². The molecule has 0 aliphatic carbocycles. The van der Waals surface area contributed by atoms with E-state index in [-0.39, 0.29) is 12.3 Å². The maximum Gasteiger partial charge on any atom is 0.303 e. The number of carbonyl (C=O) groups excluding carboxylic acids is 1. The smallest absolute Gasteiger partial charge is 0.303 e. The summed E-state index contributed by atoms with van der Waals surface area (Å²) in [5.41, 5.74) is 2.33. The Morgan fingerprint density at radius 3 is 2.27 bits per heavy atom. The quantitative estimate of drug-likeness (QED) is 0.652. The third-order valence-electron chi connectivity index (χ3n) is 3.42. The van der Waals surface area contributed by atoms with E-state index in [9.17, 15) is 9.59 Å². The zero-order valence-electron chi connectivity index (χ0n) is 13.6. The summed E-state index contributed by atoms with van der Waals surface area (Å²) in [7, 11) is 0. The molecule has 0 aliphatic rings. The van der Waals surface area contributed by atoms with Gasteiger partial charge in [0.25, 0.3) is 0 Å². The van der Waals surface area contributed by atoms with Crippen molar-refractivity contribution in [3.63, 3.8) is 0 Å². The molecule has 0 spiro atoms. The molecule has 4 nitrogen and oxygen atoms in total. The summed E-state index contributed by atoms with van der Waals surface area (Å²) >= 11 is 0. The largest absolute Gasteiger partial charge is 0.481 e. The summed E-state index contributed by atoms with van der Waals surface area (Å²) in [4.78, 5) is 22.2. The van der Waals surface area contributed by atoms with Crippen molar-refractivity contribution in [2.75, 3.05) is 6.54 Å². The van der Waals surface area contributed by atoms with Gasteiger partial charge in [-0.15, -0.1) is 0 Å². The number of benzene rings is 1. The first-order valence-electron chi connectivity index (χ1n) is 8.03. The van der Waals surface area contributed by atoms with Crippen LogP contribution in [0.4, 0.5) is 0 Å². The molecule has 0 fully saturated rings. The monoisotopic (exact) mass is 305 g/mol. The molecule has 0 bridgehead atoms. The summed E-state index contributed by atoms with van der Waals surface area (Å²) in [6, 6.07) is 8.22. The molecular formula is C18H27NO3. The Labute approximate surface area is 132 Å². The van der Waals surface area contributed by atoms with Gasteiger partial charge in [-0.05, 0) is 36.3 Å². The van der Waals surface area contributed by atoms with Gasteiger partial charge in [0, 0.05) is 13.0 Å². The SMILES string of the molecule is CC(C)Cc1ccc(CC(=O)NCCCCCC(=O)O)cc1. The Bertz CT molecular complexity index is 466. The first-order valence-corrected chi connectivity index (χ1v) is 8.03. The topological polar surface area (TPSA) is 66.4 Å². The van der Waals surface area contributed by atoms with Crippen LogP contribution in [0, 0.1) is 5.92 Å². The minimum Gasteiger partial charge on any atom is -0.481 e. The lowest BCUT2D eigenvalue weighted by molar-refractivity contribution is -0.137. The van der Waals surface area contributed by atoms with Crippen LogP contribution in [0.3, 0.4) is 0 Å². The van der Waals surface area contributed by atoms with Crippen molar-refractivity contribution < 1.29 is 14.7 Å². The number of carboxylic acid groups (broad SMARTS) is 1. The van der Waals surface area contributed by atoms with Gasteiger partial charge in [-0.25, -0.2) is 0 Å². The van der Waals surface area contributed by atoms with Gasteiger partial charge in [-0.3, -0.25) is 9.59 Å². The van der Waals surface area contributed by atoms with E-state index in [4.69, 9.17) is 5.11 Å². The second-order valence-electron chi connectivity index (χ2n) is 6.15. The van der Waals surface area contributed by atoms with Gasteiger partial charge in [0.05, 0.1) is 6.42 Å². The number of carboxylic acids is 1. The van der Waals surface area contributed by atoms with Crippen molar-refractivity contribution in [1.82, 2.24) is 5.32 Å². The Balaban J connectivity index is 2.20. The minimum atomic E-state index is -0.759. The standard InChI is InChI=1S/C18H27NO3/c1-14(2)12-15-7-9-16(10-8-15)13-17(20)19-11-5-3-4-6-18(21)22/h7-10,14H,3-6,11-13H2,1-2H3,(H,19,20)(H,21,22). The van der Waals surface area contributed by atoms with Crippen LogP contribution in [0.1, 0.15) is 50.7 Å². The Kier molecular flexibility index (Phi) is 8.26. The average Bonchev–Trinajstić information content (AvgIpc) is 2.44. The fraction of sp³-hybridized carbons (Fsp3) is 0.556. The molecule has 0 saturated carbocycles. The van der Waals surface area contributed by atoms with Crippen LogP contribution < -0.4 is 5.32 Å². The number of aliphatic carboxylic acids is 1. The van der Waals surface area contributed by atoms with E-state index in [2.05, 4.69) is 31.3 Å². The molecule has 1 aromatic rings. The normalized spacial score (nSPS) is 10.7. The van der Waals surface area contributed by atoms with Crippen LogP contribution in [-0.2, 0) is 22.4 Å². The van der Waals surface area contributed by atoms with Crippen LogP contribution in [0.2, 0.25) is 0 Å². The van der Waals surface area contributed by atoms with Gasteiger partial charge < -0.3 is 10.4 Å². The maximum absolute atomic E-state index is 11.8. The fourth-order valence-corrected chi connectivity index (χ4v) is 2.32. The molecular weight excluding hydrogens is 278 g/mol. The third-order valence-corrected chi connectivity index (χ3v) is 3.42. The minimum absolute atomic E-state index is 0.0230. The number of amides is 1. The highest BCUT2D eigenvalue weighted by molar-refractivity contribution is 5.78. The first kappa shape index (κ1) is 18.2. The number of nitrogens with one attached hydrogen (secondary N) is 1. The zero-order chi connectivity index (χ0) is 16.4. The van der Waals surface area contributed by atoms with Crippen molar-refractivity contribution >= 4 is 11.9 Å². The zero-order valence-corrected chi connectivity index (χ0v) is 13.6. The van der Waals surface area contributed by atoms with Gasteiger partial charge in [0.1, 0.15) is 0 Å². The maximum atomic E-state index is 11.8. The van der Waals surface area contributed by atoms with E-state index in [1.807, 2.05) is 12.1 Å². The summed E-state index contributed by atoms with van der Waals surface area (Å²) in [5, 5.41) is 11.4. The van der Waals surface area contributed by atoms with Crippen LogP contribution in [0.15, 0.2) is 24.3 Å². The van der Waals surface area contributed by atoms with Crippen molar-refractivity contribution in [2.45, 2.75) is 52.4 Å². The van der Waals surface area contributed by atoms with E-state index >= 15 is 0 Å². The molecule has 122 valence electrons. The van der Waals surface area contributed by atoms with Crippen molar-refractivity contribution in [3.8, 4) is 0 Å². The molecule has 0 atom stereocenters. The highest BCUT2D eigenvalue weighted by Gasteiger charge is 2.04. The fourth-order valence-electron chi connectivity index (χ4n) is 2.32. The van der Waals surface area contributed by atoms with E-state index in [0.29, 0.717) is 25.3 Å². The molecule has 22 heavy (non-hydrogen) atoms. The Morgan fingerprint density at radius 2 is 1.68 bits per heavy atom. The van der Waals surface area contributed by atoms with E-state index < -0.39 is 5.97 Å². The summed E-state index contributed by atoms with van der Waals surface area (Å²) < 4.78 is 0. The third kappa shape index (κ3) is 8.45. The van der Waals surface area contributed by atoms with Gasteiger partial charge in [-0.1, -0.05) is 44.5 Å². The summed E-state index contributed by atoms with van der Waals surface area (Å²) in [6.07, 6.45) is 3.99. The van der Waals surface area contributed by atoms with Crippen LogP contribution in [0.5, 0.6) is 0 Å². The lowest BCUT2D eigenvalue weighted by Crippen LogP contribution is -2.26. The Morgan fingerprint density at radius 1 is 1.05 bits per heavy atom. The Hall–Kier alpha value is -1.84. The summed E-state index contributed by atoms with van der Waals surface area (Å²) in [5.74, 6) is -0.102. The number of carbonyl (C=O) groups is 2. The van der Waals surface area contributed by atoms with Crippen molar-refractivity contribution in [2.24, 2.45) is 5.92 Å². The van der Waals surface area contributed by atoms with Crippen molar-refractivity contribution in [3.05, 3.63) is 35.4 Å². The summed E-state index contributed by atoms with van der Waals surface area (Å²) in [6.45, 7) is 5.00. The highest BCUT2D eigenvalue weighted by Crippen LogP contribution is 2.10. The molecule has 0 aliphatic heterocycles. The lowest BCUT2D eigenvalue weighted by Gasteiger charge is -2.07. The second-order valence-corrected chi connectivity index (χ2v) is 6.15. The van der Waals surface area contributed by atoms with Gasteiger partial charge in [0.15, 0.2) is 0 Å². The molecule has 0 radical (unpaired) electrons. The van der Waals surface area contributed by atoms with Crippen LogP contribution in [0.25, 0.3) is 0 Å². The first-order chi connectivity index (χ1) is 10.5. The molecule has 0 heterocycles. The van der Waals surface area contributed by atoms with Crippen molar-refractivity contribution in [1.29, 1.82) is 0 Å². The van der Waals surface area contributed by atoms with E-state index in [1.54, 1.807) is 0 Å². The van der Waals surface area contributed by atoms with Gasteiger partial charge in [-0.2, -0.15) is 0 Å². The number of hydrogen-bond donors (Lipinski definition) is 2. The molecule has 0 aromatic heterocycles. The number of unbranched alkanes of at least 4 members (excludes halogenated alkanes) is 2. The molecule has 0 saturated heterocycles. The average molecular weight is 305 g/mol. The molecule has 2 N–H and O–H groups in total. The van der Waals surface area contributed by atoms with Gasteiger partial charge in [0.2, 0.25) is 5.91 Å². The lowest BCUT2D eigenvalue weighted by atomic mass is 10.0. The molecule has 1 rings (SSSR count).